The Morgan fingerprint density at radius 1 is 1.10 bits per heavy atom. The number of nitrogens with zero attached hydrogens (tertiary/aromatic N) is 5. The van der Waals surface area contributed by atoms with E-state index in [1.807, 2.05) is 0 Å². The second-order valence-electron chi connectivity index (χ2n) is 6.84. The van der Waals surface area contributed by atoms with E-state index in [4.69, 9.17) is 0 Å². The van der Waals surface area contributed by atoms with E-state index >= 15 is 0 Å². The van der Waals surface area contributed by atoms with Crippen LogP contribution >= 0.6 is 11.8 Å². The Balaban J connectivity index is 1.65. The van der Waals surface area contributed by atoms with E-state index in [1.54, 1.807) is 23.7 Å². The molecule has 1 unspecified atom stereocenters. The molecule has 0 fully saturated rings. The zero-order valence-electron chi connectivity index (χ0n) is 15.7. The lowest BCUT2D eigenvalue weighted by atomic mass is 9.96. The normalized spacial score (nSPS) is 18.6. The highest BCUT2D eigenvalue weighted by molar-refractivity contribution is 7.98. The molecule has 1 aromatic carbocycles. The summed E-state index contributed by atoms with van der Waals surface area (Å²) >= 11 is 1.27. The van der Waals surface area contributed by atoms with E-state index < -0.39 is 23.0 Å². The number of aliphatic imine (C=N–C) groups is 1. The first kappa shape index (κ1) is 19.5. The van der Waals surface area contributed by atoms with Crippen LogP contribution in [0.1, 0.15) is 11.1 Å². The number of hydrogen-bond acceptors (Lipinski definition) is 5. The lowest BCUT2D eigenvalue weighted by Gasteiger charge is -2.18. The van der Waals surface area contributed by atoms with Crippen molar-refractivity contribution >= 4 is 29.1 Å². The van der Waals surface area contributed by atoms with Gasteiger partial charge in [0.15, 0.2) is 16.3 Å². The van der Waals surface area contributed by atoms with Crippen LogP contribution in [0, 0.1) is 0 Å². The lowest BCUT2D eigenvalue weighted by molar-refractivity contribution is -0.156. The molecule has 1 aliphatic heterocycles. The van der Waals surface area contributed by atoms with Crippen molar-refractivity contribution in [1.29, 1.82) is 0 Å². The molecule has 0 N–H and O–H groups in total. The Morgan fingerprint density at radius 2 is 1.79 bits per heavy atom. The molecule has 3 heterocycles. The van der Waals surface area contributed by atoms with Crippen molar-refractivity contribution in [3.05, 3.63) is 56.2 Å². The molecule has 152 valence electrons. The number of rotatable bonds is 4. The average Bonchev–Trinajstić information content (AvgIpc) is 3.43. The van der Waals surface area contributed by atoms with Crippen LogP contribution in [0.25, 0.3) is 11.2 Å². The highest BCUT2D eigenvalue weighted by atomic mass is 32.2. The molecule has 0 aliphatic carbocycles. The Kier molecular flexibility index (Phi) is 4.26. The van der Waals surface area contributed by atoms with E-state index in [9.17, 15) is 22.8 Å². The summed E-state index contributed by atoms with van der Waals surface area (Å²) in [4.78, 5) is 32.4. The summed E-state index contributed by atoms with van der Waals surface area (Å²) in [6, 6.07) is 6.17. The highest BCUT2D eigenvalue weighted by Crippen LogP contribution is 2.48. The fraction of sp³-hybridized carbons (Fsp3) is 0.333. The molecule has 2 aromatic heterocycles. The SMILES string of the molecule is Cn1c(=O)c2c(nc(SCc3cccc(C4(C(F)(F)F)C=N4)c3)n2C)n(C)c1=O. The fourth-order valence-electron chi connectivity index (χ4n) is 3.20. The Bertz CT molecular complexity index is 1280. The fourth-order valence-corrected chi connectivity index (χ4v) is 4.11. The molecule has 0 bridgehead atoms. The third-order valence-corrected chi connectivity index (χ3v) is 6.09. The summed E-state index contributed by atoms with van der Waals surface area (Å²) in [6.45, 7) is 0. The number of benzene rings is 1. The predicted molar refractivity (Wildman–Crippen MR) is 103 cm³/mol. The average molecular weight is 423 g/mol. The number of alkyl halides is 3. The van der Waals surface area contributed by atoms with Crippen LogP contribution in [-0.4, -0.2) is 31.1 Å². The molecule has 3 aromatic rings. The van der Waals surface area contributed by atoms with Gasteiger partial charge in [-0.3, -0.25) is 18.9 Å². The standard InChI is InChI=1S/C18H16F3N5O2S/c1-24-12-13(25(2)16(28)26(3)14(12)27)23-15(24)29-8-10-5-4-6-11(7-10)17(9-22-17)18(19,20)21/h4-7,9H,8H2,1-3H3. The van der Waals surface area contributed by atoms with Crippen LogP contribution in [0.5, 0.6) is 0 Å². The van der Waals surface area contributed by atoms with Gasteiger partial charge in [-0.05, 0) is 11.1 Å². The van der Waals surface area contributed by atoms with E-state index in [0.29, 0.717) is 16.5 Å². The Morgan fingerprint density at radius 3 is 2.41 bits per heavy atom. The number of fused-ring (bicyclic) bond motifs is 1. The largest absolute Gasteiger partial charge is 0.422 e. The van der Waals surface area contributed by atoms with Crippen molar-refractivity contribution in [2.75, 3.05) is 0 Å². The van der Waals surface area contributed by atoms with Gasteiger partial charge in [-0.1, -0.05) is 36.0 Å². The molecule has 1 atom stereocenters. The third kappa shape index (κ3) is 2.91. The van der Waals surface area contributed by atoms with Gasteiger partial charge >= 0.3 is 11.9 Å². The second-order valence-corrected chi connectivity index (χ2v) is 7.79. The van der Waals surface area contributed by atoms with Gasteiger partial charge in [0.1, 0.15) is 0 Å². The maximum absolute atomic E-state index is 13.3. The molecule has 0 radical (unpaired) electrons. The van der Waals surface area contributed by atoms with Crippen LogP contribution in [0.15, 0.2) is 44.0 Å². The maximum atomic E-state index is 13.3. The van der Waals surface area contributed by atoms with E-state index in [-0.39, 0.29) is 16.7 Å². The van der Waals surface area contributed by atoms with E-state index in [0.717, 1.165) is 10.8 Å². The molecule has 4 rings (SSSR count). The third-order valence-electron chi connectivity index (χ3n) is 4.99. The zero-order valence-corrected chi connectivity index (χ0v) is 16.5. The molecular weight excluding hydrogens is 407 g/mol. The van der Waals surface area contributed by atoms with Crippen LogP contribution in [-0.2, 0) is 32.4 Å². The zero-order chi connectivity index (χ0) is 21.1. The monoisotopic (exact) mass is 423 g/mol. The number of imidazole rings is 1. The first-order chi connectivity index (χ1) is 13.6. The van der Waals surface area contributed by atoms with Gasteiger partial charge in [-0.2, -0.15) is 13.2 Å². The van der Waals surface area contributed by atoms with Gasteiger partial charge in [-0.25, -0.2) is 9.78 Å². The van der Waals surface area contributed by atoms with Gasteiger partial charge in [0.25, 0.3) is 5.56 Å². The molecule has 7 nitrogen and oxygen atoms in total. The van der Waals surface area contributed by atoms with Crippen molar-refractivity contribution in [2.45, 2.75) is 22.6 Å². The summed E-state index contributed by atoms with van der Waals surface area (Å²) in [5.41, 5.74) is -1.86. The second kappa shape index (κ2) is 6.34. The minimum absolute atomic E-state index is 0.0735. The summed E-state index contributed by atoms with van der Waals surface area (Å²) < 4.78 is 43.7. The quantitative estimate of drug-likeness (QED) is 0.603. The molecule has 11 heteroatoms. The Hall–Kier alpha value is -2.82. The predicted octanol–water partition coefficient (Wildman–Crippen LogP) is 2.10. The molecular formula is C18H16F3N5O2S. The van der Waals surface area contributed by atoms with Crippen molar-refractivity contribution in [2.24, 2.45) is 26.1 Å². The first-order valence-corrected chi connectivity index (χ1v) is 9.53. The van der Waals surface area contributed by atoms with Gasteiger partial charge < -0.3 is 4.57 Å². The lowest BCUT2D eigenvalue weighted by Crippen LogP contribution is -2.37. The molecule has 1 aliphatic rings. The van der Waals surface area contributed by atoms with Crippen molar-refractivity contribution in [1.82, 2.24) is 18.7 Å². The molecule has 0 amide bonds. The number of aromatic nitrogens is 4. The summed E-state index contributed by atoms with van der Waals surface area (Å²) in [7, 11) is 4.59. The molecule has 0 saturated carbocycles. The first-order valence-electron chi connectivity index (χ1n) is 8.54. The maximum Gasteiger partial charge on any atom is 0.422 e. The minimum Gasteiger partial charge on any atom is -0.316 e. The van der Waals surface area contributed by atoms with Gasteiger partial charge in [0.2, 0.25) is 5.54 Å². The van der Waals surface area contributed by atoms with Crippen LogP contribution < -0.4 is 11.2 Å². The van der Waals surface area contributed by atoms with Crippen LogP contribution in [0.4, 0.5) is 13.2 Å². The minimum atomic E-state index is -4.47. The van der Waals surface area contributed by atoms with Gasteiger partial charge in [-0.15, -0.1) is 0 Å². The van der Waals surface area contributed by atoms with Crippen molar-refractivity contribution in [3.63, 3.8) is 0 Å². The highest BCUT2D eigenvalue weighted by Gasteiger charge is 2.61. The summed E-state index contributed by atoms with van der Waals surface area (Å²) in [6.07, 6.45) is -3.57. The molecule has 0 spiro atoms. The van der Waals surface area contributed by atoms with Gasteiger partial charge in [0.05, 0.1) is 0 Å². The topological polar surface area (TPSA) is 74.2 Å². The Labute approximate surface area is 166 Å². The smallest absolute Gasteiger partial charge is 0.316 e. The molecule has 29 heavy (non-hydrogen) atoms. The van der Waals surface area contributed by atoms with E-state index in [2.05, 4.69) is 9.98 Å². The van der Waals surface area contributed by atoms with E-state index in [1.165, 1.54) is 42.6 Å². The number of aryl methyl sites for hydroxylation is 2. The summed E-state index contributed by atoms with van der Waals surface area (Å²) in [5, 5.41) is 0.483. The number of thioether (sulfide) groups is 1. The molecule has 0 saturated heterocycles. The van der Waals surface area contributed by atoms with Gasteiger partial charge in [0, 0.05) is 33.1 Å². The van der Waals surface area contributed by atoms with Crippen LogP contribution in [0.2, 0.25) is 0 Å². The van der Waals surface area contributed by atoms with Crippen molar-refractivity contribution in [3.8, 4) is 0 Å². The summed E-state index contributed by atoms with van der Waals surface area (Å²) in [5.74, 6) is 0.340. The number of halogens is 3. The number of hydrogen-bond donors (Lipinski definition) is 0. The van der Waals surface area contributed by atoms with Crippen molar-refractivity contribution < 1.29 is 13.2 Å². The van der Waals surface area contributed by atoms with Crippen LogP contribution in [0.3, 0.4) is 0 Å².